The van der Waals surface area contributed by atoms with E-state index in [0.29, 0.717) is 6.04 Å². The first-order valence-corrected chi connectivity index (χ1v) is 7.74. The molecule has 2 N–H and O–H groups in total. The van der Waals surface area contributed by atoms with E-state index >= 15 is 0 Å². The molecule has 2 aromatic carbocycles. The SMILES string of the molecule is COc1ccc2ccccc2c1CNC1CCCC(O)C1. The molecule has 3 heteroatoms. The minimum Gasteiger partial charge on any atom is -0.496 e. The highest BCUT2D eigenvalue weighted by Gasteiger charge is 2.20. The highest BCUT2D eigenvalue weighted by Crippen LogP contribution is 2.28. The summed E-state index contributed by atoms with van der Waals surface area (Å²) < 4.78 is 5.53. The van der Waals surface area contributed by atoms with Gasteiger partial charge in [0.15, 0.2) is 0 Å². The summed E-state index contributed by atoms with van der Waals surface area (Å²) in [5.74, 6) is 0.928. The Morgan fingerprint density at radius 2 is 2.05 bits per heavy atom. The summed E-state index contributed by atoms with van der Waals surface area (Å²) >= 11 is 0. The van der Waals surface area contributed by atoms with Gasteiger partial charge in [0.2, 0.25) is 0 Å². The van der Waals surface area contributed by atoms with Crippen LogP contribution in [0.4, 0.5) is 0 Å². The first kappa shape index (κ1) is 14.4. The first-order valence-electron chi connectivity index (χ1n) is 7.74. The summed E-state index contributed by atoms with van der Waals surface area (Å²) in [7, 11) is 1.72. The molecule has 21 heavy (non-hydrogen) atoms. The molecule has 3 rings (SSSR count). The number of fused-ring (bicyclic) bond motifs is 1. The van der Waals surface area contributed by atoms with Crippen LogP contribution in [0.2, 0.25) is 0 Å². The van der Waals surface area contributed by atoms with Crippen molar-refractivity contribution in [2.45, 2.75) is 44.4 Å². The van der Waals surface area contributed by atoms with Crippen molar-refractivity contribution in [3.63, 3.8) is 0 Å². The van der Waals surface area contributed by atoms with Gasteiger partial charge in [0.1, 0.15) is 5.75 Å². The van der Waals surface area contributed by atoms with Crippen LogP contribution in [0.1, 0.15) is 31.2 Å². The van der Waals surface area contributed by atoms with E-state index in [-0.39, 0.29) is 6.10 Å². The number of aliphatic hydroxyl groups excluding tert-OH is 1. The largest absolute Gasteiger partial charge is 0.496 e. The lowest BCUT2D eigenvalue weighted by Gasteiger charge is -2.27. The number of hydrogen-bond acceptors (Lipinski definition) is 3. The zero-order chi connectivity index (χ0) is 14.7. The molecular formula is C18H23NO2. The van der Waals surface area contributed by atoms with Gasteiger partial charge in [-0.1, -0.05) is 30.3 Å². The van der Waals surface area contributed by atoms with Gasteiger partial charge < -0.3 is 15.2 Å². The molecule has 2 unspecified atom stereocenters. The maximum absolute atomic E-state index is 9.78. The molecule has 0 spiro atoms. The fourth-order valence-corrected chi connectivity index (χ4v) is 3.29. The van der Waals surface area contributed by atoms with Gasteiger partial charge in [-0.2, -0.15) is 0 Å². The van der Waals surface area contributed by atoms with Gasteiger partial charge in [-0.3, -0.25) is 0 Å². The standard InChI is InChI=1S/C18H23NO2/c1-21-18-10-9-13-5-2-3-8-16(13)17(18)12-19-14-6-4-7-15(20)11-14/h2-3,5,8-10,14-15,19-20H,4,6-7,11-12H2,1H3. The smallest absolute Gasteiger partial charge is 0.123 e. The van der Waals surface area contributed by atoms with E-state index in [2.05, 4.69) is 35.6 Å². The molecule has 1 saturated carbocycles. The van der Waals surface area contributed by atoms with E-state index in [1.807, 2.05) is 6.07 Å². The number of methoxy groups -OCH3 is 1. The van der Waals surface area contributed by atoms with Crippen LogP contribution >= 0.6 is 0 Å². The van der Waals surface area contributed by atoms with E-state index < -0.39 is 0 Å². The Bertz CT molecular complexity index is 611. The van der Waals surface area contributed by atoms with Crippen molar-refractivity contribution in [1.82, 2.24) is 5.32 Å². The second-order valence-corrected chi connectivity index (χ2v) is 5.87. The van der Waals surface area contributed by atoms with E-state index in [1.165, 1.54) is 16.3 Å². The van der Waals surface area contributed by atoms with Crippen LogP contribution in [0.15, 0.2) is 36.4 Å². The Hall–Kier alpha value is -1.58. The molecule has 1 fully saturated rings. The summed E-state index contributed by atoms with van der Waals surface area (Å²) in [6.07, 6.45) is 3.89. The molecule has 0 aromatic heterocycles. The summed E-state index contributed by atoms with van der Waals surface area (Å²) in [4.78, 5) is 0. The Morgan fingerprint density at radius 1 is 1.19 bits per heavy atom. The lowest BCUT2D eigenvalue weighted by Crippen LogP contribution is -2.35. The molecule has 1 aliphatic rings. The lowest BCUT2D eigenvalue weighted by atomic mass is 9.92. The lowest BCUT2D eigenvalue weighted by molar-refractivity contribution is 0.111. The Kier molecular flexibility index (Phi) is 4.42. The maximum Gasteiger partial charge on any atom is 0.123 e. The third-order valence-corrected chi connectivity index (χ3v) is 4.43. The van der Waals surface area contributed by atoms with Crippen molar-refractivity contribution in [3.05, 3.63) is 42.0 Å². The normalized spacial score (nSPS) is 22.4. The second-order valence-electron chi connectivity index (χ2n) is 5.87. The van der Waals surface area contributed by atoms with Crippen LogP contribution in [0.25, 0.3) is 10.8 Å². The van der Waals surface area contributed by atoms with Gasteiger partial charge >= 0.3 is 0 Å². The average molecular weight is 285 g/mol. The van der Waals surface area contributed by atoms with Crippen molar-refractivity contribution >= 4 is 10.8 Å². The quantitative estimate of drug-likeness (QED) is 0.906. The van der Waals surface area contributed by atoms with Crippen LogP contribution in [0, 0.1) is 0 Å². The number of nitrogens with one attached hydrogen (secondary N) is 1. The Labute approximate surface area is 125 Å². The Balaban J connectivity index is 1.81. The predicted octanol–water partition coefficient (Wildman–Crippen LogP) is 3.24. The predicted molar refractivity (Wildman–Crippen MR) is 85.6 cm³/mol. The number of rotatable bonds is 4. The monoisotopic (exact) mass is 285 g/mol. The molecular weight excluding hydrogens is 262 g/mol. The van der Waals surface area contributed by atoms with Crippen LogP contribution in [-0.4, -0.2) is 24.4 Å². The van der Waals surface area contributed by atoms with Crippen molar-refractivity contribution in [2.75, 3.05) is 7.11 Å². The van der Waals surface area contributed by atoms with Crippen molar-refractivity contribution in [3.8, 4) is 5.75 Å². The van der Waals surface area contributed by atoms with E-state index in [4.69, 9.17) is 4.74 Å². The fourth-order valence-electron chi connectivity index (χ4n) is 3.29. The number of hydrogen-bond donors (Lipinski definition) is 2. The molecule has 0 radical (unpaired) electrons. The van der Waals surface area contributed by atoms with E-state index in [9.17, 15) is 5.11 Å². The van der Waals surface area contributed by atoms with Gasteiger partial charge in [-0.25, -0.2) is 0 Å². The molecule has 112 valence electrons. The zero-order valence-corrected chi connectivity index (χ0v) is 12.5. The van der Waals surface area contributed by atoms with E-state index in [1.54, 1.807) is 7.11 Å². The molecule has 2 atom stereocenters. The number of aliphatic hydroxyl groups is 1. The van der Waals surface area contributed by atoms with Gasteiger partial charge in [0, 0.05) is 18.2 Å². The first-order chi connectivity index (χ1) is 10.3. The zero-order valence-electron chi connectivity index (χ0n) is 12.5. The molecule has 2 aromatic rings. The third-order valence-electron chi connectivity index (χ3n) is 4.43. The molecule has 0 amide bonds. The molecule has 0 heterocycles. The summed E-state index contributed by atoms with van der Waals surface area (Å²) in [6, 6.07) is 12.9. The van der Waals surface area contributed by atoms with Gasteiger partial charge in [0.25, 0.3) is 0 Å². The number of ether oxygens (including phenoxy) is 1. The fraction of sp³-hybridized carbons (Fsp3) is 0.444. The molecule has 1 aliphatic carbocycles. The Morgan fingerprint density at radius 3 is 2.86 bits per heavy atom. The van der Waals surface area contributed by atoms with Crippen LogP contribution in [-0.2, 0) is 6.54 Å². The van der Waals surface area contributed by atoms with Crippen LogP contribution in [0.3, 0.4) is 0 Å². The van der Waals surface area contributed by atoms with Crippen LogP contribution < -0.4 is 10.1 Å². The van der Waals surface area contributed by atoms with Crippen LogP contribution in [0.5, 0.6) is 5.75 Å². The summed E-state index contributed by atoms with van der Waals surface area (Å²) in [5, 5.41) is 15.9. The second kappa shape index (κ2) is 6.46. The minimum atomic E-state index is -0.148. The van der Waals surface area contributed by atoms with Crippen molar-refractivity contribution < 1.29 is 9.84 Å². The summed E-state index contributed by atoms with van der Waals surface area (Å²) in [6.45, 7) is 0.780. The van der Waals surface area contributed by atoms with Gasteiger partial charge in [-0.15, -0.1) is 0 Å². The summed E-state index contributed by atoms with van der Waals surface area (Å²) in [5.41, 5.74) is 1.20. The third kappa shape index (κ3) is 3.20. The number of benzene rings is 2. The van der Waals surface area contributed by atoms with Crippen molar-refractivity contribution in [1.29, 1.82) is 0 Å². The van der Waals surface area contributed by atoms with Gasteiger partial charge in [-0.05, 0) is 42.5 Å². The highest BCUT2D eigenvalue weighted by molar-refractivity contribution is 5.87. The topological polar surface area (TPSA) is 41.5 Å². The van der Waals surface area contributed by atoms with Crippen molar-refractivity contribution in [2.24, 2.45) is 0 Å². The molecule has 0 saturated heterocycles. The maximum atomic E-state index is 9.78. The highest BCUT2D eigenvalue weighted by atomic mass is 16.5. The minimum absolute atomic E-state index is 0.148. The molecule has 0 aliphatic heterocycles. The molecule has 3 nitrogen and oxygen atoms in total. The molecule has 0 bridgehead atoms. The van der Waals surface area contributed by atoms with E-state index in [0.717, 1.165) is 38.0 Å². The average Bonchev–Trinajstić information content (AvgIpc) is 2.52. The van der Waals surface area contributed by atoms with Gasteiger partial charge in [0.05, 0.1) is 13.2 Å².